The van der Waals surface area contributed by atoms with Gasteiger partial charge in [-0.15, -0.1) is 0 Å². The molecule has 0 radical (unpaired) electrons. The number of carbonyl (C=O) groups is 4. The molecule has 1 aromatic rings. The van der Waals surface area contributed by atoms with E-state index in [4.69, 9.17) is 66.7 Å². The molecule has 1 aromatic heterocycles. The predicted molar refractivity (Wildman–Crippen MR) is 294 cm³/mol. The Bertz CT molecular complexity index is 1620. The van der Waals surface area contributed by atoms with E-state index < -0.39 is 18.1 Å². The minimum atomic E-state index is -0.882. The number of anilines is 1. The lowest BCUT2D eigenvalue weighted by atomic mass is 10.1. The van der Waals surface area contributed by atoms with Gasteiger partial charge in [0.1, 0.15) is 6.61 Å². The maximum atomic E-state index is 12.0. The van der Waals surface area contributed by atoms with Crippen molar-refractivity contribution in [2.45, 2.75) is 103 Å². The molecule has 0 aliphatic rings. The lowest BCUT2D eigenvalue weighted by molar-refractivity contribution is -0.138. The number of alkyl carbamates (subject to hydrolysis) is 1. The number of H-pyrrole nitrogens is 1. The van der Waals surface area contributed by atoms with Crippen LogP contribution in [0, 0.1) is 6.92 Å². The molecule has 0 unspecified atom stereocenters. The third kappa shape index (κ3) is 56.7. The highest BCUT2D eigenvalue weighted by Crippen LogP contribution is 2.10. The van der Waals surface area contributed by atoms with Gasteiger partial charge >= 0.3 is 24.1 Å². The third-order valence-corrected chi connectivity index (χ3v) is 10.9. The minimum Gasteiger partial charge on any atom is -0.481 e. The molecule has 0 aliphatic heterocycles. The summed E-state index contributed by atoms with van der Waals surface area (Å²) in [6.45, 7) is 14.6. The van der Waals surface area contributed by atoms with E-state index in [0.717, 1.165) is 64.2 Å². The largest absolute Gasteiger partial charge is 0.481 e. The average Bonchev–Trinajstić information content (AvgIpc) is 3.42. The number of nitrogens with zero attached hydrogens (tertiary/aromatic N) is 1. The van der Waals surface area contributed by atoms with Crippen LogP contribution < -0.4 is 32.1 Å². The molecule has 0 bridgehead atoms. The van der Waals surface area contributed by atoms with Crippen LogP contribution in [-0.4, -0.2) is 231 Å². The van der Waals surface area contributed by atoms with Gasteiger partial charge in [-0.2, -0.15) is 0 Å². The Morgan fingerprint density at radius 3 is 1.00 bits per heavy atom. The van der Waals surface area contributed by atoms with Crippen LogP contribution in [-0.2, 0) is 66.4 Å². The van der Waals surface area contributed by atoms with E-state index >= 15 is 0 Å². The summed E-state index contributed by atoms with van der Waals surface area (Å²) in [5, 5.41) is 22.4. The summed E-state index contributed by atoms with van der Waals surface area (Å²) in [6.07, 6.45) is 14.3. The highest BCUT2D eigenvalue weighted by molar-refractivity contribution is 5.87. The van der Waals surface area contributed by atoms with Gasteiger partial charge in [-0.05, 0) is 32.6 Å². The molecule has 0 spiro atoms. The van der Waals surface area contributed by atoms with Crippen molar-refractivity contribution in [1.29, 1.82) is 0 Å². The number of nitrogens with one attached hydrogen (secondary N) is 6. The minimum absolute atomic E-state index is 0.0122. The Morgan fingerprint density at radius 1 is 0.405 bits per heavy atom. The number of carboxylic acid groups (broad SMARTS) is 1. The molecule has 26 heteroatoms. The van der Waals surface area contributed by atoms with E-state index in [0.29, 0.717) is 184 Å². The molecule has 460 valence electrons. The van der Waals surface area contributed by atoms with Crippen molar-refractivity contribution in [3.63, 3.8) is 0 Å². The zero-order valence-electron chi connectivity index (χ0n) is 47.4. The summed E-state index contributed by atoms with van der Waals surface area (Å²) in [7, 11) is 0. The van der Waals surface area contributed by atoms with Gasteiger partial charge in [0.05, 0.1) is 165 Å². The lowest BCUT2D eigenvalue weighted by Gasteiger charge is -2.09. The summed E-state index contributed by atoms with van der Waals surface area (Å²) in [5.74, 6) is -0.764. The first-order valence-electron chi connectivity index (χ1n) is 28.5. The summed E-state index contributed by atoms with van der Waals surface area (Å²) in [5.41, 5.74) is 0.203. The molecule has 0 atom stereocenters. The van der Waals surface area contributed by atoms with Gasteiger partial charge in [-0.25, -0.2) is 19.4 Å². The number of hydrogen-bond donors (Lipinski definition) is 7. The fourth-order valence-electron chi connectivity index (χ4n) is 6.84. The summed E-state index contributed by atoms with van der Waals surface area (Å²) in [4.78, 5) is 64.3. The summed E-state index contributed by atoms with van der Waals surface area (Å²) in [6, 6.07) is 0.802. The molecule has 5 amide bonds. The van der Waals surface area contributed by atoms with Crippen molar-refractivity contribution < 1.29 is 85.9 Å². The second-order valence-electron chi connectivity index (χ2n) is 17.8. The first-order valence-corrected chi connectivity index (χ1v) is 28.5. The Hall–Kier alpha value is -4.32. The van der Waals surface area contributed by atoms with Gasteiger partial charge in [-0.1, -0.05) is 64.2 Å². The second-order valence-corrected chi connectivity index (χ2v) is 17.8. The van der Waals surface area contributed by atoms with Gasteiger partial charge in [0.2, 0.25) is 5.95 Å². The number of aryl methyl sites for hydroxylation is 1. The standard InChI is InChI=1S/C53H99N7O19/c1-47-46-48(61)59-50(58-47)60-52(65)56-19-14-11-10-13-18-55-51(64)54-17-12-8-6-4-2-3-5-7-9-15-20-57-53(66)79-45-44-78-43-42-77-41-40-76-39-38-75-37-36-74-35-34-73-33-32-72-31-30-71-29-28-70-27-26-69-25-24-68-23-22-67-21-16-49(62)63/h46H,2-45H2,1H3,(H,57,66)(H,62,63)(H2,54,55,64)(H3,56,58,59,60,61,65). The van der Waals surface area contributed by atoms with Crippen LogP contribution in [0.1, 0.15) is 102 Å². The summed E-state index contributed by atoms with van der Waals surface area (Å²) < 4.78 is 70.4. The highest BCUT2D eigenvalue weighted by atomic mass is 16.6. The zero-order chi connectivity index (χ0) is 57.0. The van der Waals surface area contributed by atoms with E-state index in [-0.39, 0.29) is 37.2 Å². The number of unbranched alkanes of at least 4 members (excludes halogenated alkanes) is 12. The van der Waals surface area contributed by atoms with Crippen molar-refractivity contribution in [3.8, 4) is 0 Å². The van der Waals surface area contributed by atoms with Gasteiger partial charge in [0.25, 0.3) is 5.56 Å². The first-order chi connectivity index (χ1) is 38.8. The van der Waals surface area contributed by atoms with Crippen molar-refractivity contribution in [2.24, 2.45) is 0 Å². The van der Waals surface area contributed by atoms with Gasteiger partial charge in [0.15, 0.2) is 0 Å². The van der Waals surface area contributed by atoms with Crippen LogP contribution in [0.5, 0.6) is 0 Å². The topological polar surface area (TPSA) is 314 Å². The van der Waals surface area contributed by atoms with Crippen molar-refractivity contribution in [2.75, 3.05) is 197 Å². The molecular formula is C53H99N7O19. The van der Waals surface area contributed by atoms with Crippen LogP contribution in [0.2, 0.25) is 0 Å². The van der Waals surface area contributed by atoms with E-state index in [1.54, 1.807) is 6.92 Å². The Morgan fingerprint density at radius 2 is 0.684 bits per heavy atom. The normalized spacial score (nSPS) is 11.2. The van der Waals surface area contributed by atoms with Crippen LogP contribution in [0.25, 0.3) is 0 Å². The van der Waals surface area contributed by atoms with Crippen molar-refractivity contribution in [3.05, 3.63) is 22.1 Å². The van der Waals surface area contributed by atoms with Crippen LogP contribution in [0.15, 0.2) is 10.9 Å². The molecule has 0 aliphatic carbocycles. The van der Waals surface area contributed by atoms with E-state index in [2.05, 4.69) is 36.6 Å². The average molecular weight is 1140 g/mol. The lowest BCUT2D eigenvalue weighted by Crippen LogP contribution is -2.36. The number of aromatic nitrogens is 2. The maximum Gasteiger partial charge on any atom is 0.407 e. The SMILES string of the molecule is Cc1cc(=O)[nH]c(NC(=O)NCCCCCCNC(=O)NCCCCCCCCCCCCNC(=O)OCCOCCOCCOCCOCCOCCOCCOCCOCCOCCOCCOCCOCCC(=O)O)n1. The summed E-state index contributed by atoms with van der Waals surface area (Å²) >= 11 is 0. The number of aliphatic carboxylic acids is 1. The highest BCUT2D eigenvalue weighted by Gasteiger charge is 2.06. The number of aromatic amines is 1. The molecule has 79 heavy (non-hydrogen) atoms. The molecule has 1 heterocycles. The van der Waals surface area contributed by atoms with Gasteiger partial charge < -0.3 is 88.0 Å². The molecule has 0 fully saturated rings. The second kappa shape index (κ2) is 58.3. The molecule has 26 nitrogen and oxygen atoms in total. The van der Waals surface area contributed by atoms with Crippen molar-refractivity contribution >= 4 is 30.1 Å². The van der Waals surface area contributed by atoms with Gasteiger partial charge in [0, 0.05) is 37.9 Å². The number of urea groups is 2. The van der Waals surface area contributed by atoms with Gasteiger partial charge in [-0.3, -0.25) is 19.9 Å². The number of ether oxygens (including phenoxy) is 13. The van der Waals surface area contributed by atoms with E-state index in [1.165, 1.54) is 31.7 Å². The number of amides is 5. The molecule has 7 N–H and O–H groups in total. The Balaban J connectivity index is 1.66. The molecule has 0 saturated heterocycles. The number of carboxylic acids is 1. The molecule has 0 aromatic carbocycles. The molecule has 1 rings (SSSR count). The quantitative estimate of drug-likeness (QED) is 0.0446. The predicted octanol–water partition coefficient (Wildman–Crippen LogP) is 4.36. The van der Waals surface area contributed by atoms with E-state index in [1.807, 2.05) is 0 Å². The van der Waals surface area contributed by atoms with Crippen LogP contribution >= 0.6 is 0 Å². The smallest absolute Gasteiger partial charge is 0.407 e. The molecule has 0 saturated carbocycles. The number of rotatable bonds is 60. The fraction of sp³-hybridized carbons (Fsp3) is 0.849. The van der Waals surface area contributed by atoms with Crippen LogP contribution in [0.3, 0.4) is 0 Å². The Labute approximate surface area is 468 Å². The van der Waals surface area contributed by atoms with Crippen molar-refractivity contribution in [1.82, 2.24) is 31.2 Å². The number of carbonyl (C=O) groups excluding carboxylic acids is 3. The third-order valence-electron chi connectivity index (χ3n) is 10.9. The first kappa shape index (κ1) is 72.7. The van der Waals surface area contributed by atoms with E-state index in [9.17, 15) is 24.0 Å². The zero-order valence-corrected chi connectivity index (χ0v) is 47.4. The van der Waals surface area contributed by atoms with Crippen LogP contribution in [0.4, 0.5) is 20.3 Å². The molecular weight excluding hydrogens is 1040 g/mol. The Kier molecular flexibility index (Phi) is 53.7. The number of hydrogen-bond acceptors (Lipinski definition) is 19. The maximum absolute atomic E-state index is 12.0. The monoisotopic (exact) mass is 1140 g/mol. The fourth-order valence-corrected chi connectivity index (χ4v) is 6.84.